The van der Waals surface area contributed by atoms with Gasteiger partial charge >= 0.3 is 0 Å². The highest BCUT2D eigenvalue weighted by Gasteiger charge is 2.35. The lowest BCUT2D eigenvalue weighted by molar-refractivity contribution is 0.0772. The van der Waals surface area contributed by atoms with Gasteiger partial charge in [-0.05, 0) is 24.8 Å². The van der Waals surface area contributed by atoms with Crippen molar-refractivity contribution in [2.24, 2.45) is 5.92 Å². The average Bonchev–Trinajstić information content (AvgIpc) is 3.26. The molecule has 0 radical (unpaired) electrons. The number of aromatic nitrogens is 2. The van der Waals surface area contributed by atoms with E-state index in [0.29, 0.717) is 32.6 Å². The molecule has 1 heterocycles. The number of hydrogen-bond donors (Lipinski definition) is 0. The molecule has 2 aromatic rings. The van der Waals surface area contributed by atoms with Crippen LogP contribution in [0.4, 0.5) is 0 Å². The lowest BCUT2D eigenvalue weighted by atomic mass is 10.1. The van der Waals surface area contributed by atoms with Gasteiger partial charge in [0.05, 0.1) is 5.56 Å². The SMILES string of the molecule is COC(c1nc(Cl)c(-c2ccccc2Cl)c(Cl)n1)C1CC1. The molecule has 0 aliphatic heterocycles. The molecule has 1 saturated carbocycles. The molecule has 1 fully saturated rings. The van der Waals surface area contributed by atoms with Gasteiger partial charge in [-0.2, -0.15) is 0 Å². The van der Waals surface area contributed by atoms with Crippen LogP contribution in [0.15, 0.2) is 24.3 Å². The van der Waals surface area contributed by atoms with E-state index in [-0.39, 0.29) is 6.10 Å². The van der Waals surface area contributed by atoms with Gasteiger partial charge in [-0.15, -0.1) is 0 Å². The fourth-order valence-corrected chi connectivity index (χ4v) is 3.18. The van der Waals surface area contributed by atoms with E-state index in [1.165, 1.54) is 0 Å². The lowest BCUT2D eigenvalue weighted by Crippen LogP contribution is -2.10. The van der Waals surface area contributed by atoms with Crippen molar-refractivity contribution in [3.05, 3.63) is 45.4 Å². The second-order valence-electron chi connectivity index (χ2n) is 5.01. The number of ether oxygens (including phenoxy) is 1. The molecule has 1 atom stereocenters. The zero-order chi connectivity index (χ0) is 15.0. The minimum Gasteiger partial charge on any atom is -0.373 e. The van der Waals surface area contributed by atoms with Crippen molar-refractivity contribution < 1.29 is 4.74 Å². The van der Waals surface area contributed by atoms with Gasteiger partial charge in [-0.1, -0.05) is 53.0 Å². The van der Waals surface area contributed by atoms with E-state index in [2.05, 4.69) is 9.97 Å². The van der Waals surface area contributed by atoms with Crippen LogP contribution >= 0.6 is 34.8 Å². The van der Waals surface area contributed by atoms with Crippen LogP contribution in [0, 0.1) is 5.92 Å². The Morgan fingerprint density at radius 3 is 2.24 bits per heavy atom. The van der Waals surface area contributed by atoms with Crippen molar-refractivity contribution >= 4 is 34.8 Å². The predicted octanol–water partition coefficient (Wildman–Crippen LogP) is 5.20. The van der Waals surface area contributed by atoms with E-state index in [9.17, 15) is 0 Å². The monoisotopic (exact) mass is 342 g/mol. The van der Waals surface area contributed by atoms with E-state index < -0.39 is 0 Å². The van der Waals surface area contributed by atoms with Gasteiger partial charge in [0.25, 0.3) is 0 Å². The molecule has 1 aliphatic rings. The number of methoxy groups -OCH3 is 1. The Morgan fingerprint density at radius 1 is 1.10 bits per heavy atom. The summed E-state index contributed by atoms with van der Waals surface area (Å²) in [5, 5.41) is 1.14. The molecular formula is C15H13Cl3N2O. The van der Waals surface area contributed by atoms with Crippen LogP contribution in [0.1, 0.15) is 24.8 Å². The summed E-state index contributed by atoms with van der Waals surface area (Å²) in [6, 6.07) is 7.33. The molecule has 110 valence electrons. The molecule has 21 heavy (non-hydrogen) atoms. The largest absolute Gasteiger partial charge is 0.373 e. The zero-order valence-electron chi connectivity index (χ0n) is 11.3. The Labute approximate surface area is 138 Å². The molecule has 1 aliphatic carbocycles. The molecular weight excluding hydrogens is 331 g/mol. The fourth-order valence-electron chi connectivity index (χ4n) is 2.34. The molecule has 0 N–H and O–H groups in total. The van der Waals surface area contributed by atoms with Crippen molar-refractivity contribution in [3.63, 3.8) is 0 Å². The molecule has 1 aromatic heterocycles. The van der Waals surface area contributed by atoms with Gasteiger partial charge in [-0.25, -0.2) is 9.97 Å². The number of nitrogens with zero attached hydrogens (tertiary/aromatic N) is 2. The zero-order valence-corrected chi connectivity index (χ0v) is 13.6. The summed E-state index contributed by atoms with van der Waals surface area (Å²) < 4.78 is 5.47. The topological polar surface area (TPSA) is 35.0 Å². The number of rotatable bonds is 4. The fraction of sp³-hybridized carbons (Fsp3) is 0.333. The highest BCUT2D eigenvalue weighted by Crippen LogP contribution is 2.44. The van der Waals surface area contributed by atoms with Crippen LogP contribution in [-0.4, -0.2) is 17.1 Å². The van der Waals surface area contributed by atoms with Crippen LogP contribution in [0.25, 0.3) is 11.1 Å². The molecule has 1 aromatic carbocycles. The third-order valence-electron chi connectivity index (χ3n) is 3.54. The summed E-state index contributed by atoms with van der Waals surface area (Å²) in [5.41, 5.74) is 1.28. The molecule has 0 amide bonds. The van der Waals surface area contributed by atoms with Gasteiger partial charge in [0.15, 0.2) is 5.82 Å². The normalized spacial score (nSPS) is 16.0. The number of hydrogen-bond acceptors (Lipinski definition) is 3. The minimum absolute atomic E-state index is 0.153. The second-order valence-corrected chi connectivity index (χ2v) is 6.14. The van der Waals surface area contributed by atoms with Gasteiger partial charge in [0, 0.05) is 17.7 Å². The standard InChI is InChI=1S/C15H13Cl3N2O/c1-21-12(8-6-7-8)15-19-13(17)11(14(18)20-15)9-4-2-3-5-10(9)16/h2-5,8,12H,6-7H2,1H3. The Morgan fingerprint density at radius 2 is 1.71 bits per heavy atom. The van der Waals surface area contributed by atoms with Crippen molar-refractivity contribution in [2.45, 2.75) is 18.9 Å². The van der Waals surface area contributed by atoms with E-state index in [0.717, 1.165) is 18.4 Å². The van der Waals surface area contributed by atoms with Crippen LogP contribution in [0.2, 0.25) is 15.3 Å². The first-order valence-corrected chi connectivity index (χ1v) is 7.76. The molecule has 3 nitrogen and oxygen atoms in total. The van der Waals surface area contributed by atoms with Gasteiger partial charge < -0.3 is 4.74 Å². The van der Waals surface area contributed by atoms with Gasteiger partial charge in [-0.3, -0.25) is 0 Å². The van der Waals surface area contributed by atoms with Crippen molar-refractivity contribution in [1.29, 1.82) is 0 Å². The number of halogens is 3. The Kier molecular flexibility index (Phi) is 4.36. The van der Waals surface area contributed by atoms with Gasteiger partial charge in [0.1, 0.15) is 16.4 Å². The molecule has 0 spiro atoms. The smallest absolute Gasteiger partial charge is 0.160 e. The summed E-state index contributed by atoms with van der Waals surface area (Å²) in [6.07, 6.45) is 2.08. The third-order valence-corrected chi connectivity index (χ3v) is 4.42. The highest BCUT2D eigenvalue weighted by molar-refractivity contribution is 6.40. The van der Waals surface area contributed by atoms with E-state index in [1.54, 1.807) is 13.2 Å². The van der Waals surface area contributed by atoms with Crippen LogP contribution in [0.5, 0.6) is 0 Å². The first kappa shape index (κ1) is 15.0. The minimum atomic E-state index is -0.153. The average molecular weight is 344 g/mol. The molecule has 6 heteroatoms. The maximum atomic E-state index is 6.32. The van der Waals surface area contributed by atoms with Crippen LogP contribution in [-0.2, 0) is 4.74 Å². The Balaban J connectivity index is 2.06. The highest BCUT2D eigenvalue weighted by atomic mass is 35.5. The van der Waals surface area contributed by atoms with E-state index in [1.807, 2.05) is 18.2 Å². The molecule has 0 saturated heterocycles. The van der Waals surface area contributed by atoms with Crippen LogP contribution in [0.3, 0.4) is 0 Å². The van der Waals surface area contributed by atoms with E-state index >= 15 is 0 Å². The summed E-state index contributed by atoms with van der Waals surface area (Å²) in [7, 11) is 1.65. The molecule has 1 unspecified atom stereocenters. The van der Waals surface area contributed by atoms with Crippen LogP contribution < -0.4 is 0 Å². The number of benzene rings is 1. The Hall–Kier alpha value is -0.870. The van der Waals surface area contributed by atoms with E-state index in [4.69, 9.17) is 39.5 Å². The van der Waals surface area contributed by atoms with Crippen molar-refractivity contribution in [2.75, 3.05) is 7.11 Å². The van der Waals surface area contributed by atoms with Crippen molar-refractivity contribution in [3.8, 4) is 11.1 Å². The summed E-state index contributed by atoms with van der Waals surface area (Å²) in [4.78, 5) is 8.74. The third kappa shape index (κ3) is 3.02. The van der Waals surface area contributed by atoms with Crippen molar-refractivity contribution in [1.82, 2.24) is 9.97 Å². The maximum Gasteiger partial charge on any atom is 0.160 e. The second kappa shape index (κ2) is 6.09. The first-order chi connectivity index (χ1) is 10.1. The lowest BCUT2D eigenvalue weighted by Gasteiger charge is -2.15. The summed E-state index contributed by atoms with van der Waals surface area (Å²) >= 11 is 18.8. The Bertz CT molecular complexity index is 651. The molecule has 3 rings (SSSR count). The maximum absolute atomic E-state index is 6.32. The quantitative estimate of drug-likeness (QED) is 0.716. The first-order valence-electron chi connectivity index (χ1n) is 6.62. The predicted molar refractivity (Wildman–Crippen MR) is 85.0 cm³/mol. The van der Waals surface area contributed by atoms with Gasteiger partial charge in [0.2, 0.25) is 0 Å². The summed E-state index contributed by atoms with van der Waals surface area (Å²) in [5.74, 6) is 0.985. The summed E-state index contributed by atoms with van der Waals surface area (Å²) in [6.45, 7) is 0. The molecule has 0 bridgehead atoms.